The van der Waals surface area contributed by atoms with Gasteiger partial charge >= 0.3 is 0 Å². The van der Waals surface area contributed by atoms with Crippen LogP contribution in [0.5, 0.6) is 5.75 Å². The molecule has 94 valence electrons. The first-order valence-corrected chi connectivity index (χ1v) is 6.69. The number of rotatable bonds is 3. The SMILES string of the molecule is Oc1c(Cl)cc(Cl)cc1CNc1ccc(Br)c[nH+]1. The minimum absolute atomic E-state index is 0.0469. The molecule has 0 aliphatic rings. The summed E-state index contributed by atoms with van der Waals surface area (Å²) in [6, 6.07) is 6.97. The van der Waals surface area contributed by atoms with Crippen molar-refractivity contribution in [2.24, 2.45) is 0 Å². The lowest BCUT2D eigenvalue weighted by Gasteiger charge is -2.05. The van der Waals surface area contributed by atoms with Gasteiger partial charge in [-0.15, -0.1) is 0 Å². The zero-order valence-corrected chi connectivity index (χ0v) is 12.3. The second-order valence-electron chi connectivity index (χ2n) is 3.67. The number of anilines is 1. The molecule has 1 aromatic carbocycles. The van der Waals surface area contributed by atoms with Crippen molar-refractivity contribution in [2.75, 3.05) is 5.32 Å². The average molecular weight is 349 g/mol. The molecule has 0 atom stereocenters. The molecule has 0 aliphatic carbocycles. The first-order chi connectivity index (χ1) is 8.56. The lowest BCUT2D eigenvalue weighted by atomic mass is 10.2. The molecule has 2 aromatic rings. The van der Waals surface area contributed by atoms with E-state index >= 15 is 0 Å². The summed E-state index contributed by atoms with van der Waals surface area (Å²) in [6.45, 7) is 0.421. The number of benzene rings is 1. The first-order valence-electron chi connectivity index (χ1n) is 5.14. The molecule has 1 heterocycles. The largest absolute Gasteiger partial charge is 0.506 e. The van der Waals surface area contributed by atoms with Crippen molar-refractivity contribution in [1.29, 1.82) is 0 Å². The van der Waals surface area contributed by atoms with Gasteiger partial charge in [0.1, 0.15) is 18.5 Å². The molecule has 1 aromatic heterocycles. The smallest absolute Gasteiger partial charge is 0.272 e. The Morgan fingerprint density at radius 1 is 1.28 bits per heavy atom. The van der Waals surface area contributed by atoms with E-state index in [1.807, 2.05) is 18.3 Å². The van der Waals surface area contributed by atoms with Crippen LogP contribution >= 0.6 is 39.1 Å². The number of aromatic hydroxyl groups is 1. The van der Waals surface area contributed by atoms with E-state index in [0.29, 0.717) is 17.1 Å². The Bertz CT molecular complexity index is 561. The van der Waals surface area contributed by atoms with Crippen molar-refractivity contribution < 1.29 is 10.1 Å². The number of halogens is 3. The van der Waals surface area contributed by atoms with E-state index in [4.69, 9.17) is 23.2 Å². The van der Waals surface area contributed by atoms with Gasteiger partial charge in [-0.2, -0.15) is 0 Å². The van der Waals surface area contributed by atoms with E-state index in [2.05, 4.69) is 26.2 Å². The fourth-order valence-corrected chi connectivity index (χ4v) is 2.24. The number of nitrogens with one attached hydrogen (secondary N) is 2. The van der Waals surface area contributed by atoms with Gasteiger partial charge in [-0.1, -0.05) is 23.2 Å². The summed E-state index contributed by atoms with van der Waals surface area (Å²) in [6.07, 6.45) is 1.81. The quantitative estimate of drug-likeness (QED) is 0.883. The van der Waals surface area contributed by atoms with Gasteiger partial charge in [0.05, 0.1) is 9.50 Å². The fourth-order valence-electron chi connectivity index (χ4n) is 1.46. The number of pyridine rings is 1. The van der Waals surface area contributed by atoms with Crippen LogP contribution in [0.25, 0.3) is 0 Å². The second kappa shape index (κ2) is 5.78. The van der Waals surface area contributed by atoms with Crippen molar-refractivity contribution in [1.82, 2.24) is 0 Å². The third kappa shape index (κ3) is 3.28. The Balaban J connectivity index is 2.13. The topological polar surface area (TPSA) is 46.4 Å². The maximum absolute atomic E-state index is 9.80. The fraction of sp³-hybridized carbons (Fsp3) is 0.0833. The van der Waals surface area contributed by atoms with Crippen LogP contribution in [0.15, 0.2) is 34.9 Å². The van der Waals surface area contributed by atoms with Crippen LogP contribution in [0.3, 0.4) is 0 Å². The number of hydrogen-bond donors (Lipinski definition) is 2. The Morgan fingerprint density at radius 3 is 2.72 bits per heavy atom. The van der Waals surface area contributed by atoms with E-state index in [9.17, 15) is 5.11 Å². The van der Waals surface area contributed by atoms with Crippen LogP contribution in [0.1, 0.15) is 5.56 Å². The lowest BCUT2D eigenvalue weighted by molar-refractivity contribution is -0.362. The predicted molar refractivity (Wildman–Crippen MR) is 76.2 cm³/mol. The van der Waals surface area contributed by atoms with Crippen LogP contribution in [0.2, 0.25) is 10.0 Å². The third-order valence-corrected chi connectivity index (χ3v) is 3.35. The van der Waals surface area contributed by atoms with Crippen molar-refractivity contribution in [3.8, 4) is 5.75 Å². The summed E-state index contributed by atoms with van der Waals surface area (Å²) in [5.41, 5.74) is 0.642. The summed E-state index contributed by atoms with van der Waals surface area (Å²) in [5.74, 6) is 0.874. The summed E-state index contributed by atoms with van der Waals surface area (Å²) >= 11 is 15.1. The van der Waals surface area contributed by atoms with Crippen LogP contribution < -0.4 is 10.3 Å². The van der Waals surface area contributed by atoms with Gasteiger partial charge in [0.25, 0.3) is 5.82 Å². The highest BCUT2D eigenvalue weighted by atomic mass is 79.9. The Kier molecular flexibility index (Phi) is 4.32. The van der Waals surface area contributed by atoms with Crippen molar-refractivity contribution in [3.63, 3.8) is 0 Å². The second-order valence-corrected chi connectivity index (χ2v) is 5.43. The summed E-state index contributed by atoms with van der Waals surface area (Å²) < 4.78 is 0.960. The van der Waals surface area contributed by atoms with E-state index in [0.717, 1.165) is 10.3 Å². The molecule has 0 amide bonds. The minimum Gasteiger partial charge on any atom is -0.506 e. The van der Waals surface area contributed by atoms with Crippen LogP contribution in [-0.2, 0) is 6.54 Å². The molecule has 18 heavy (non-hydrogen) atoms. The number of hydrogen-bond acceptors (Lipinski definition) is 2. The molecule has 0 bridgehead atoms. The van der Waals surface area contributed by atoms with E-state index in [1.54, 1.807) is 6.07 Å². The molecular weight excluding hydrogens is 339 g/mol. The van der Waals surface area contributed by atoms with Gasteiger partial charge in [-0.25, -0.2) is 4.98 Å². The molecule has 0 aliphatic heterocycles. The molecule has 0 spiro atoms. The highest BCUT2D eigenvalue weighted by molar-refractivity contribution is 9.10. The van der Waals surface area contributed by atoms with Crippen molar-refractivity contribution in [2.45, 2.75) is 6.54 Å². The van der Waals surface area contributed by atoms with Crippen molar-refractivity contribution >= 4 is 44.9 Å². The molecule has 0 saturated carbocycles. The monoisotopic (exact) mass is 347 g/mol. The standard InChI is InChI=1S/C12H9BrCl2N2O/c13-8-1-2-11(17-6-8)16-5-7-3-9(14)4-10(15)12(7)18/h1-4,6,18H,5H2,(H,16,17)/p+1. The van der Waals surface area contributed by atoms with Crippen LogP contribution in [-0.4, -0.2) is 5.11 Å². The molecule has 0 saturated heterocycles. The predicted octanol–water partition coefficient (Wildman–Crippen LogP) is 3.89. The number of aromatic nitrogens is 1. The van der Waals surface area contributed by atoms with E-state index in [1.165, 1.54) is 6.07 Å². The lowest BCUT2D eigenvalue weighted by Crippen LogP contribution is -2.12. The van der Waals surface area contributed by atoms with Crippen LogP contribution in [0.4, 0.5) is 5.82 Å². The maximum atomic E-state index is 9.80. The van der Waals surface area contributed by atoms with Gasteiger partial charge in [0.2, 0.25) is 0 Å². The van der Waals surface area contributed by atoms with Crippen LogP contribution in [0, 0.1) is 0 Å². The highest BCUT2D eigenvalue weighted by Crippen LogP contribution is 2.31. The van der Waals surface area contributed by atoms with Gasteiger partial charge in [0.15, 0.2) is 0 Å². The zero-order valence-electron chi connectivity index (χ0n) is 9.17. The Hall–Kier alpha value is -0.970. The molecule has 3 N–H and O–H groups in total. The number of aromatic amines is 1. The third-order valence-electron chi connectivity index (χ3n) is 2.35. The molecular formula is C12H10BrCl2N2O+. The van der Waals surface area contributed by atoms with Gasteiger partial charge in [0, 0.05) is 16.7 Å². The summed E-state index contributed by atoms with van der Waals surface area (Å²) in [5, 5.41) is 13.7. The molecule has 0 fully saturated rings. The summed E-state index contributed by atoms with van der Waals surface area (Å²) in [7, 11) is 0. The summed E-state index contributed by atoms with van der Waals surface area (Å²) in [4.78, 5) is 3.05. The molecule has 6 heteroatoms. The molecule has 3 nitrogen and oxygen atoms in total. The van der Waals surface area contributed by atoms with Gasteiger partial charge in [-0.05, 0) is 34.1 Å². The van der Waals surface area contributed by atoms with E-state index in [-0.39, 0.29) is 10.8 Å². The van der Waals surface area contributed by atoms with Crippen molar-refractivity contribution in [3.05, 3.63) is 50.5 Å². The zero-order chi connectivity index (χ0) is 13.1. The molecule has 0 unspecified atom stereocenters. The molecule has 2 rings (SSSR count). The highest BCUT2D eigenvalue weighted by Gasteiger charge is 2.10. The normalized spacial score (nSPS) is 10.4. The minimum atomic E-state index is 0.0469. The number of phenolic OH excluding ortho intramolecular Hbond substituents is 1. The van der Waals surface area contributed by atoms with E-state index < -0.39 is 0 Å². The first kappa shape index (κ1) is 13.5. The Morgan fingerprint density at radius 2 is 2.06 bits per heavy atom. The van der Waals surface area contributed by atoms with Gasteiger partial charge < -0.3 is 5.11 Å². The average Bonchev–Trinajstić information content (AvgIpc) is 2.34. The Labute approximate surface area is 123 Å². The number of phenols is 1. The van der Waals surface area contributed by atoms with Gasteiger partial charge in [-0.3, -0.25) is 5.32 Å². The molecule has 0 radical (unpaired) electrons. The maximum Gasteiger partial charge on any atom is 0.272 e. The number of H-pyrrole nitrogens is 1.